The third kappa shape index (κ3) is 4.33. The van der Waals surface area contributed by atoms with E-state index in [9.17, 15) is 5.11 Å². The molecule has 0 aliphatic rings. The number of hydrogen-bond acceptors (Lipinski definition) is 2. The fourth-order valence-electron chi connectivity index (χ4n) is 1.73. The van der Waals surface area contributed by atoms with E-state index in [0.29, 0.717) is 6.04 Å². The van der Waals surface area contributed by atoms with Crippen molar-refractivity contribution in [2.24, 2.45) is 0 Å². The molecule has 1 unspecified atom stereocenters. The van der Waals surface area contributed by atoms with Crippen LogP contribution in [0.1, 0.15) is 31.9 Å². The standard InChI is InChI=1S/C14H23NO/c1-11(2)15(9-13(4)16)10-14-7-5-12(3)6-8-14/h5-8,11,13,16H,9-10H2,1-4H3. The van der Waals surface area contributed by atoms with Crippen LogP contribution in [0.2, 0.25) is 0 Å². The van der Waals surface area contributed by atoms with Gasteiger partial charge in [0.15, 0.2) is 0 Å². The van der Waals surface area contributed by atoms with E-state index in [4.69, 9.17) is 0 Å². The van der Waals surface area contributed by atoms with Gasteiger partial charge in [-0.05, 0) is 33.3 Å². The molecule has 0 aliphatic heterocycles. The second-order valence-electron chi connectivity index (χ2n) is 4.86. The van der Waals surface area contributed by atoms with Crippen LogP contribution in [-0.4, -0.2) is 28.7 Å². The number of rotatable bonds is 5. The molecule has 0 radical (unpaired) electrons. The predicted octanol–water partition coefficient (Wildman–Crippen LogP) is 2.59. The van der Waals surface area contributed by atoms with Gasteiger partial charge in [-0.25, -0.2) is 0 Å². The van der Waals surface area contributed by atoms with Crippen LogP contribution in [0.25, 0.3) is 0 Å². The predicted molar refractivity (Wildman–Crippen MR) is 68.4 cm³/mol. The third-order valence-corrected chi connectivity index (χ3v) is 2.74. The first-order chi connectivity index (χ1) is 7.49. The molecule has 0 saturated carbocycles. The van der Waals surface area contributed by atoms with Crippen molar-refractivity contribution in [3.63, 3.8) is 0 Å². The van der Waals surface area contributed by atoms with Gasteiger partial charge in [0, 0.05) is 19.1 Å². The second-order valence-corrected chi connectivity index (χ2v) is 4.86. The minimum atomic E-state index is -0.271. The Morgan fingerprint density at radius 2 is 1.69 bits per heavy atom. The smallest absolute Gasteiger partial charge is 0.0639 e. The maximum Gasteiger partial charge on any atom is 0.0639 e. The highest BCUT2D eigenvalue weighted by Crippen LogP contribution is 2.10. The Bertz CT molecular complexity index is 303. The Morgan fingerprint density at radius 1 is 1.12 bits per heavy atom. The van der Waals surface area contributed by atoms with Crippen molar-refractivity contribution in [3.8, 4) is 0 Å². The van der Waals surface area contributed by atoms with Gasteiger partial charge in [0.05, 0.1) is 6.10 Å². The molecule has 0 heterocycles. The molecule has 0 amide bonds. The molecule has 0 saturated heterocycles. The van der Waals surface area contributed by atoms with E-state index in [-0.39, 0.29) is 6.10 Å². The van der Waals surface area contributed by atoms with Gasteiger partial charge in [0.25, 0.3) is 0 Å². The number of hydrogen-bond donors (Lipinski definition) is 1. The Kier molecular flexibility index (Phi) is 4.97. The van der Waals surface area contributed by atoms with Crippen molar-refractivity contribution in [1.29, 1.82) is 0 Å². The van der Waals surface area contributed by atoms with E-state index in [1.807, 2.05) is 6.92 Å². The van der Waals surface area contributed by atoms with E-state index in [2.05, 4.69) is 49.9 Å². The first kappa shape index (κ1) is 13.2. The normalized spacial score (nSPS) is 13.4. The Hall–Kier alpha value is -0.860. The summed E-state index contributed by atoms with van der Waals surface area (Å²) >= 11 is 0. The fourth-order valence-corrected chi connectivity index (χ4v) is 1.73. The maximum absolute atomic E-state index is 9.45. The molecule has 1 N–H and O–H groups in total. The van der Waals surface area contributed by atoms with E-state index in [1.165, 1.54) is 11.1 Å². The molecule has 0 bridgehead atoms. The zero-order chi connectivity index (χ0) is 12.1. The summed E-state index contributed by atoms with van der Waals surface area (Å²) in [7, 11) is 0. The van der Waals surface area contributed by atoms with Gasteiger partial charge >= 0.3 is 0 Å². The molecule has 1 aromatic carbocycles. The summed E-state index contributed by atoms with van der Waals surface area (Å²) in [6.45, 7) is 9.89. The number of aryl methyl sites for hydroxylation is 1. The SMILES string of the molecule is Cc1ccc(CN(CC(C)O)C(C)C)cc1. The highest BCUT2D eigenvalue weighted by Gasteiger charge is 2.12. The summed E-state index contributed by atoms with van der Waals surface area (Å²) in [5.74, 6) is 0. The van der Waals surface area contributed by atoms with Gasteiger partial charge in [-0.1, -0.05) is 29.8 Å². The monoisotopic (exact) mass is 221 g/mol. The lowest BCUT2D eigenvalue weighted by Gasteiger charge is -2.27. The zero-order valence-electron chi connectivity index (χ0n) is 10.8. The van der Waals surface area contributed by atoms with E-state index in [1.54, 1.807) is 0 Å². The largest absolute Gasteiger partial charge is 0.392 e. The molecule has 16 heavy (non-hydrogen) atoms. The number of aliphatic hydroxyl groups excluding tert-OH is 1. The Morgan fingerprint density at radius 3 is 2.12 bits per heavy atom. The first-order valence-corrected chi connectivity index (χ1v) is 5.96. The molecule has 90 valence electrons. The third-order valence-electron chi connectivity index (χ3n) is 2.74. The Labute approximate surface area is 98.9 Å². The average Bonchev–Trinajstić information content (AvgIpc) is 2.19. The van der Waals surface area contributed by atoms with Gasteiger partial charge in [-0.3, -0.25) is 4.90 Å². The second kappa shape index (κ2) is 6.02. The molecule has 0 aliphatic carbocycles. The lowest BCUT2D eigenvalue weighted by atomic mass is 10.1. The van der Waals surface area contributed by atoms with Crippen LogP contribution in [0, 0.1) is 6.92 Å². The maximum atomic E-state index is 9.45. The van der Waals surface area contributed by atoms with Crippen LogP contribution in [-0.2, 0) is 6.54 Å². The molecule has 0 spiro atoms. The van der Waals surface area contributed by atoms with Crippen molar-refractivity contribution in [2.45, 2.75) is 46.4 Å². The highest BCUT2D eigenvalue weighted by molar-refractivity contribution is 5.21. The molecule has 2 nitrogen and oxygen atoms in total. The van der Waals surface area contributed by atoms with E-state index >= 15 is 0 Å². The minimum Gasteiger partial charge on any atom is -0.392 e. The molecule has 2 heteroatoms. The van der Waals surface area contributed by atoms with Crippen molar-refractivity contribution >= 4 is 0 Å². The van der Waals surface area contributed by atoms with E-state index in [0.717, 1.165) is 13.1 Å². The van der Waals surface area contributed by atoms with Crippen LogP contribution < -0.4 is 0 Å². The minimum absolute atomic E-state index is 0.271. The van der Waals surface area contributed by atoms with Crippen LogP contribution in [0.3, 0.4) is 0 Å². The number of benzene rings is 1. The molecule has 1 rings (SSSR count). The van der Waals surface area contributed by atoms with Crippen LogP contribution in [0.15, 0.2) is 24.3 Å². The topological polar surface area (TPSA) is 23.5 Å². The van der Waals surface area contributed by atoms with Gasteiger partial charge in [0.2, 0.25) is 0 Å². The average molecular weight is 221 g/mol. The summed E-state index contributed by atoms with van der Waals surface area (Å²) < 4.78 is 0. The zero-order valence-corrected chi connectivity index (χ0v) is 10.8. The van der Waals surface area contributed by atoms with Crippen LogP contribution in [0.5, 0.6) is 0 Å². The van der Waals surface area contributed by atoms with Crippen molar-refractivity contribution in [3.05, 3.63) is 35.4 Å². The quantitative estimate of drug-likeness (QED) is 0.826. The summed E-state index contributed by atoms with van der Waals surface area (Å²) in [5, 5.41) is 9.45. The highest BCUT2D eigenvalue weighted by atomic mass is 16.3. The fraction of sp³-hybridized carbons (Fsp3) is 0.571. The lowest BCUT2D eigenvalue weighted by molar-refractivity contribution is 0.103. The number of aliphatic hydroxyl groups is 1. The Balaban J connectivity index is 2.64. The molecular weight excluding hydrogens is 198 g/mol. The summed E-state index contributed by atoms with van der Waals surface area (Å²) in [6.07, 6.45) is -0.271. The van der Waals surface area contributed by atoms with Crippen LogP contribution in [0.4, 0.5) is 0 Å². The molecular formula is C14H23NO. The first-order valence-electron chi connectivity index (χ1n) is 5.96. The molecule has 0 fully saturated rings. The van der Waals surface area contributed by atoms with E-state index < -0.39 is 0 Å². The van der Waals surface area contributed by atoms with Crippen molar-refractivity contribution in [1.82, 2.24) is 4.90 Å². The molecule has 0 aromatic heterocycles. The summed E-state index contributed by atoms with van der Waals surface area (Å²) in [5.41, 5.74) is 2.59. The van der Waals surface area contributed by atoms with Crippen molar-refractivity contribution < 1.29 is 5.11 Å². The summed E-state index contributed by atoms with van der Waals surface area (Å²) in [6, 6.07) is 9.04. The molecule has 1 atom stereocenters. The summed E-state index contributed by atoms with van der Waals surface area (Å²) in [4.78, 5) is 2.29. The van der Waals surface area contributed by atoms with Crippen LogP contribution >= 0.6 is 0 Å². The van der Waals surface area contributed by atoms with Gasteiger partial charge in [-0.15, -0.1) is 0 Å². The van der Waals surface area contributed by atoms with Gasteiger partial charge < -0.3 is 5.11 Å². The lowest BCUT2D eigenvalue weighted by Crippen LogP contribution is -2.36. The van der Waals surface area contributed by atoms with Crippen molar-refractivity contribution in [2.75, 3.05) is 6.54 Å². The molecule has 1 aromatic rings. The van der Waals surface area contributed by atoms with Gasteiger partial charge in [0.1, 0.15) is 0 Å². The number of nitrogens with zero attached hydrogens (tertiary/aromatic N) is 1. The van der Waals surface area contributed by atoms with Gasteiger partial charge in [-0.2, -0.15) is 0 Å².